The van der Waals surface area contributed by atoms with E-state index in [1.807, 2.05) is 56.3 Å². The minimum atomic E-state index is -0.243. The van der Waals surface area contributed by atoms with Crippen molar-refractivity contribution in [3.05, 3.63) is 77.5 Å². The molecule has 140 valence electrons. The summed E-state index contributed by atoms with van der Waals surface area (Å²) in [5.74, 6) is 2.33. The van der Waals surface area contributed by atoms with Gasteiger partial charge < -0.3 is 19.2 Å². The van der Waals surface area contributed by atoms with Gasteiger partial charge in [-0.3, -0.25) is 4.79 Å². The number of rotatable bonds is 8. The van der Waals surface area contributed by atoms with Crippen molar-refractivity contribution in [2.75, 3.05) is 6.61 Å². The fourth-order valence-corrected chi connectivity index (χ4v) is 2.36. The van der Waals surface area contributed by atoms with Crippen LogP contribution in [0.3, 0.4) is 0 Å². The predicted molar refractivity (Wildman–Crippen MR) is 101 cm³/mol. The second-order valence-corrected chi connectivity index (χ2v) is 6.06. The Balaban J connectivity index is 1.40. The predicted octanol–water partition coefficient (Wildman–Crippen LogP) is 3.57. The number of carbonyl (C=O) groups is 1. The average molecular weight is 366 g/mol. The van der Waals surface area contributed by atoms with E-state index in [-0.39, 0.29) is 19.1 Å². The zero-order chi connectivity index (χ0) is 19.1. The van der Waals surface area contributed by atoms with Crippen molar-refractivity contribution in [1.82, 2.24) is 10.3 Å². The molecule has 6 nitrogen and oxygen atoms in total. The molecular weight excluding hydrogens is 344 g/mol. The van der Waals surface area contributed by atoms with Gasteiger partial charge in [0, 0.05) is 0 Å². The molecule has 2 aromatic carbocycles. The lowest BCUT2D eigenvalue weighted by molar-refractivity contribution is -0.123. The number of amides is 1. The van der Waals surface area contributed by atoms with Crippen LogP contribution in [-0.4, -0.2) is 17.5 Å². The van der Waals surface area contributed by atoms with E-state index in [4.69, 9.17) is 13.9 Å². The lowest BCUT2D eigenvalue weighted by Gasteiger charge is -2.09. The van der Waals surface area contributed by atoms with E-state index in [2.05, 4.69) is 10.3 Å². The molecule has 0 saturated heterocycles. The third kappa shape index (κ3) is 5.60. The van der Waals surface area contributed by atoms with E-state index < -0.39 is 0 Å². The van der Waals surface area contributed by atoms with Gasteiger partial charge in [0.2, 0.25) is 5.89 Å². The number of oxazole rings is 1. The number of nitrogens with one attached hydrogen (secondary N) is 1. The summed E-state index contributed by atoms with van der Waals surface area (Å²) < 4.78 is 16.6. The first-order valence-electron chi connectivity index (χ1n) is 8.69. The van der Waals surface area contributed by atoms with Gasteiger partial charge in [-0.25, -0.2) is 4.98 Å². The van der Waals surface area contributed by atoms with Crippen molar-refractivity contribution >= 4 is 5.91 Å². The molecule has 0 saturated carbocycles. The Morgan fingerprint density at radius 3 is 2.30 bits per heavy atom. The summed E-state index contributed by atoms with van der Waals surface area (Å²) in [5.41, 5.74) is 1.93. The number of benzene rings is 2. The normalized spacial score (nSPS) is 10.4. The number of aryl methyl sites for hydroxylation is 2. The van der Waals surface area contributed by atoms with Crippen LogP contribution in [0, 0.1) is 13.8 Å². The molecule has 1 heterocycles. The van der Waals surface area contributed by atoms with E-state index in [1.165, 1.54) is 0 Å². The molecule has 27 heavy (non-hydrogen) atoms. The molecule has 1 aromatic heterocycles. The third-order valence-electron chi connectivity index (χ3n) is 3.95. The maximum atomic E-state index is 11.9. The van der Waals surface area contributed by atoms with Crippen molar-refractivity contribution in [2.24, 2.45) is 0 Å². The maximum Gasteiger partial charge on any atom is 0.258 e. The molecule has 0 fully saturated rings. The van der Waals surface area contributed by atoms with Gasteiger partial charge >= 0.3 is 0 Å². The monoisotopic (exact) mass is 366 g/mol. The van der Waals surface area contributed by atoms with Gasteiger partial charge in [-0.05, 0) is 43.7 Å². The van der Waals surface area contributed by atoms with E-state index in [9.17, 15) is 4.79 Å². The van der Waals surface area contributed by atoms with Crippen LogP contribution in [0.5, 0.6) is 11.5 Å². The molecule has 0 aliphatic rings. The number of hydrogen-bond acceptors (Lipinski definition) is 5. The molecule has 0 radical (unpaired) electrons. The molecule has 1 N–H and O–H groups in total. The zero-order valence-corrected chi connectivity index (χ0v) is 15.4. The number of hydrogen-bond donors (Lipinski definition) is 1. The first-order chi connectivity index (χ1) is 13.1. The summed E-state index contributed by atoms with van der Waals surface area (Å²) in [5, 5.41) is 2.71. The molecule has 0 unspecified atom stereocenters. The topological polar surface area (TPSA) is 73.6 Å². The summed E-state index contributed by atoms with van der Waals surface area (Å²) in [6.45, 7) is 4.36. The van der Waals surface area contributed by atoms with Gasteiger partial charge in [0.25, 0.3) is 5.91 Å². The van der Waals surface area contributed by atoms with Crippen molar-refractivity contribution in [1.29, 1.82) is 0 Å². The minimum Gasteiger partial charge on any atom is -0.489 e. The Kier molecular flexibility index (Phi) is 6.10. The van der Waals surface area contributed by atoms with Crippen molar-refractivity contribution in [3.63, 3.8) is 0 Å². The van der Waals surface area contributed by atoms with Crippen LogP contribution in [0.25, 0.3) is 0 Å². The lowest BCUT2D eigenvalue weighted by atomic mass is 10.2. The van der Waals surface area contributed by atoms with Gasteiger partial charge in [-0.1, -0.05) is 30.3 Å². The second-order valence-electron chi connectivity index (χ2n) is 6.06. The van der Waals surface area contributed by atoms with Gasteiger partial charge in [-0.2, -0.15) is 0 Å². The van der Waals surface area contributed by atoms with Crippen LogP contribution in [-0.2, 0) is 17.9 Å². The van der Waals surface area contributed by atoms with Crippen LogP contribution >= 0.6 is 0 Å². The lowest BCUT2D eigenvalue weighted by Crippen LogP contribution is -2.28. The molecule has 6 heteroatoms. The van der Waals surface area contributed by atoms with E-state index in [1.54, 1.807) is 12.1 Å². The SMILES string of the molecule is Cc1nc(CNC(=O)COc2ccc(OCc3ccccc3)cc2)oc1C. The van der Waals surface area contributed by atoms with Crippen LogP contribution in [0.2, 0.25) is 0 Å². The van der Waals surface area contributed by atoms with Crippen molar-refractivity contribution in [2.45, 2.75) is 27.0 Å². The fraction of sp³-hybridized carbons (Fsp3) is 0.238. The highest BCUT2D eigenvalue weighted by atomic mass is 16.5. The third-order valence-corrected chi connectivity index (χ3v) is 3.95. The van der Waals surface area contributed by atoms with Gasteiger partial charge in [0.1, 0.15) is 23.9 Å². The number of aromatic nitrogens is 1. The van der Waals surface area contributed by atoms with Crippen LogP contribution in [0.4, 0.5) is 0 Å². The summed E-state index contributed by atoms with van der Waals surface area (Å²) >= 11 is 0. The number of ether oxygens (including phenoxy) is 2. The molecular formula is C21H22N2O4. The molecule has 0 bridgehead atoms. The number of carbonyl (C=O) groups excluding carboxylic acids is 1. The van der Waals surface area contributed by atoms with E-state index in [0.29, 0.717) is 18.2 Å². The molecule has 0 aliphatic heterocycles. The first-order valence-corrected chi connectivity index (χ1v) is 8.69. The van der Waals surface area contributed by atoms with E-state index >= 15 is 0 Å². The highest BCUT2D eigenvalue weighted by Crippen LogP contribution is 2.18. The summed E-state index contributed by atoms with van der Waals surface area (Å²) in [6.07, 6.45) is 0. The largest absolute Gasteiger partial charge is 0.489 e. The summed E-state index contributed by atoms with van der Waals surface area (Å²) in [6, 6.07) is 17.1. The van der Waals surface area contributed by atoms with Gasteiger partial charge in [0.05, 0.1) is 12.2 Å². The standard InChI is InChI=1S/C21H22N2O4/c1-15-16(2)27-21(23-15)12-22-20(24)14-26-19-10-8-18(9-11-19)25-13-17-6-4-3-5-7-17/h3-11H,12-14H2,1-2H3,(H,22,24). The highest BCUT2D eigenvalue weighted by Gasteiger charge is 2.08. The van der Waals surface area contributed by atoms with Crippen LogP contribution in [0.1, 0.15) is 22.9 Å². The molecule has 3 rings (SSSR count). The second kappa shape index (κ2) is 8.89. The summed E-state index contributed by atoms with van der Waals surface area (Å²) in [7, 11) is 0. The highest BCUT2D eigenvalue weighted by molar-refractivity contribution is 5.77. The van der Waals surface area contributed by atoms with Crippen LogP contribution in [0.15, 0.2) is 59.0 Å². The van der Waals surface area contributed by atoms with Crippen LogP contribution < -0.4 is 14.8 Å². The average Bonchev–Trinajstić information content (AvgIpc) is 3.02. The molecule has 0 aliphatic carbocycles. The van der Waals surface area contributed by atoms with E-state index in [0.717, 1.165) is 22.8 Å². The Morgan fingerprint density at radius 1 is 1.00 bits per heavy atom. The fourth-order valence-electron chi connectivity index (χ4n) is 2.36. The smallest absolute Gasteiger partial charge is 0.258 e. The number of nitrogens with zero attached hydrogens (tertiary/aromatic N) is 1. The Hall–Kier alpha value is -3.28. The first kappa shape index (κ1) is 18.5. The summed E-state index contributed by atoms with van der Waals surface area (Å²) in [4.78, 5) is 16.1. The quantitative estimate of drug-likeness (QED) is 0.660. The molecule has 1 amide bonds. The Labute approximate surface area is 158 Å². The minimum absolute atomic E-state index is 0.0805. The van der Waals surface area contributed by atoms with Gasteiger partial charge in [-0.15, -0.1) is 0 Å². The van der Waals surface area contributed by atoms with Crippen molar-refractivity contribution in [3.8, 4) is 11.5 Å². The molecule has 0 atom stereocenters. The Bertz CT molecular complexity index is 853. The Morgan fingerprint density at radius 2 is 1.67 bits per heavy atom. The van der Waals surface area contributed by atoms with Crippen molar-refractivity contribution < 1.29 is 18.7 Å². The zero-order valence-electron chi connectivity index (χ0n) is 15.4. The molecule has 0 spiro atoms. The maximum absolute atomic E-state index is 11.9. The van der Waals surface area contributed by atoms with Gasteiger partial charge in [0.15, 0.2) is 6.61 Å². The molecule has 3 aromatic rings.